The van der Waals surface area contributed by atoms with Crippen LogP contribution in [0.5, 0.6) is 0 Å². The predicted molar refractivity (Wildman–Crippen MR) is 54.6 cm³/mol. The molecule has 0 fully saturated rings. The first-order valence-corrected chi connectivity index (χ1v) is 4.42. The predicted octanol–water partition coefficient (Wildman–Crippen LogP) is 1.80. The summed E-state index contributed by atoms with van der Waals surface area (Å²) < 4.78 is 4.67. The van der Waals surface area contributed by atoms with Gasteiger partial charge in [-0.2, -0.15) is 0 Å². The second kappa shape index (κ2) is 5.82. The Morgan fingerprint density at radius 1 is 1.29 bits per heavy atom. The molecule has 1 aromatic carbocycles. The second-order valence-electron chi connectivity index (χ2n) is 2.80. The fourth-order valence-corrected chi connectivity index (χ4v) is 0.949. The maximum absolute atomic E-state index is 10.4. The summed E-state index contributed by atoms with van der Waals surface area (Å²) in [6, 6.07) is 9.95. The van der Waals surface area contributed by atoms with Crippen molar-refractivity contribution >= 4 is 5.97 Å². The van der Waals surface area contributed by atoms with Crippen molar-refractivity contribution < 1.29 is 9.53 Å². The molecule has 0 spiro atoms. The molecule has 14 heavy (non-hydrogen) atoms. The van der Waals surface area contributed by atoms with Gasteiger partial charge in [0.1, 0.15) is 0 Å². The third-order valence-electron chi connectivity index (χ3n) is 1.61. The molecule has 2 nitrogen and oxygen atoms in total. The van der Waals surface area contributed by atoms with Gasteiger partial charge in [-0.1, -0.05) is 42.2 Å². The molecule has 1 aromatic rings. The molecule has 0 atom stereocenters. The van der Waals surface area contributed by atoms with Crippen LogP contribution in [0.2, 0.25) is 0 Å². The van der Waals surface area contributed by atoms with Crippen LogP contribution in [0.3, 0.4) is 0 Å². The minimum atomic E-state index is -0.293. The number of rotatable bonds is 2. The van der Waals surface area contributed by atoms with E-state index < -0.39 is 0 Å². The number of carbonyl (C=O) groups excluding carboxylic acids is 1. The van der Waals surface area contributed by atoms with Crippen LogP contribution >= 0.6 is 0 Å². The summed E-state index contributed by atoms with van der Waals surface area (Å²) in [6.45, 7) is 1.56. The summed E-state index contributed by atoms with van der Waals surface area (Å²) in [5.74, 6) is 5.41. The Labute approximate surface area is 83.9 Å². The highest BCUT2D eigenvalue weighted by molar-refractivity contribution is 5.66. The van der Waals surface area contributed by atoms with Crippen molar-refractivity contribution in [3.05, 3.63) is 35.9 Å². The van der Waals surface area contributed by atoms with Crippen LogP contribution in [-0.4, -0.2) is 12.6 Å². The number of hydrogen-bond donors (Lipinski definition) is 0. The third-order valence-corrected chi connectivity index (χ3v) is 1.61. The van der Waals surface area contributed by atoms with Gasteiger partial charge < -0.3 is 4.74 Å². The number of esters is 1. The third kappa shape index (κ3) is 4.32. The molecule has 0 saturated heterocycles. The molecule has 0 bridgehead atoms. The van der Waals surface area contributed by atoms with Gasteiger partial charge in [0.05, 0.1) is 0 Å². The van der Waals surface area contributed by atoms with Crippen molar-refractivity contribution in [3.8, 4) is 11.8 Å². The van der Waals surface area contributed by atoms with Crippen molar-refractivity contribution in [2.45, 2.75) is 13.3 Å². The van der Waals surface area contributed by atoms with E-state index in [0.717, 1.165) is 0 Å². The van der Waals surface area contributed by atoms with Crippen molar-refractivity contribution in [3.63, 3.8) is 0 Å². The highest BCUT2D eigenvalue weighted by Gasteiger charge is 1.87. The summed E-state index contributed by atoms with van der Waals surface area (Å²) in [4.78, 5) is 10.4. The molecule has 0 saturated carbocycles. The van der Waals surface area contributed by atoms with E-state index in [4.69, 9.17) is 0 Å². The highest BCUT2D eigenvalue weighted by atomic mass is 16.5. The molecule has 1 rings (SSSR count). The molecule has 0 radical (unpaired) electrons. The number of carbonyl (C=O) groups is 1. The lowest BCUT2D eigenvalue weighted by Crippen LogP contribution is -1.97. The Morgan fingerprint density at radius 2 is 2.00 bits per heavy atom. The first-order chi connectivity index (χ1) is 6.79. The van der Waals surface area contributed by atoms with E-state index in [2.05, 4.69) is 16.6 Å². The van der Waals surface area contributed by atoms with Crippen LogP contribution in [0.15, 0.2) is 30.3 Å². The summed E-state index contributed by atoms with van der Waals surface area (Å²) in [5.41, 5.74) is 1.17. The number of hydrogen-bond acceptors (Lipinski definition) is 2. The largest absolute Gasteiger partial charge is 0.453 e. The van der Waals surface area contributed by atoms with Gasteiger partial charge in [0.15, 0.2) is 6.61 Å². The molecule has 0 amide bonds. The molecule has 0 N–H and O–H groups in total. The first kappa shape index (κ1) is 10.3. The van der Waals surface area contributed by atoms with Crippen LogP contribution in [0.25, 0.3) is 0 Å². The molecule has 72 valence electrons. The quantitative estimate of drug-likeness (QED) is 0.522. The Hall–Kier alpha value is -1.75. The molecular weight excluding hydrogens is 176 g/mol. The number of ether oxygens (including phenoxy) is 1. The lowest BCUT2D eigenvalue weighted by molar-refractivity contribution is -0.139. The molecular formula is C12H12O2. The lowest BCUT2D eigenvalue weighted by atomic mass is 10.2. The Balaban J connectivity index is 2.30. The van der Waals surface area contributed by atoms with Crippen molar-refractivity contribution in [1.82, 2.24) is 0 Å². The maximum Gasteiger partial charge on any atom is 0.303 e. The molecule has 0 aromatic heterocycles. The Morgan fingerprint density at radius 3 is 2.64 bits per heavy atom. The van der Waals surface area contributed by atoms with E-state index in [9.17, 15) is 4.79 Å². The van der Waals surface area contributed by atoms with E-state index in [-0.39, 0.29) is 12.6 Å². The zero-order chi connectivity index (χ0) is 10.2. The van der Waals surface area contributed by atoms with Gasteiger partial charge in [0, 0.05) is 13.3 Å². The van der Waals surface area contributed by atoms with Crippen LogP contribution in [-0.2, 0) is 16.0 Å². The molecule has 0 aliphatic rings. The monoisotopic (exact) mass is 188 g/mol. The van der Waals surface area contributed by atoms with Gasteiger partial charge in [-0.05, 0) is 5.56 Å². The lowest BCUT2D eigenvalue weighted by Gasteiger charge is -1.93. The minimum Gasteiger partial charge on any atom is -0.453 e. The van der Waals surface area contributed by atoms with Crippen molar-refractivity contribution in [2.75, 3.05) is 6.61 Å². The van der Waals surface area contributed by atoms with Gasteiger partial charge in [-0.3, -0.25) is 4.79 Å². The van der Waals surface area contributed by atoms with Gasteiger partial charge in [0.25, 0.3) is 0 Å². The van der Waals surface area contributed by atoms with Crippen LogP contribution in [0, 0.1) is 11.8 Å². The minimum absolute atomic E-state index is 0.183. The Bertz CT molecular complexity index is 344. The van der Waals surface area contributed by atoms with Gasteiger partial charge in [-0.25, -0.2) is 0 Å². The fourth-order valence-electron chi connectivity index (χ4n) is 0.949. The molecule has 0 unspecified atom stereocenters. The fraction of sp³-hybridized carbons (Fsp3) is 0.250. The zero-order valence-corrected chi connectivity index (χ0v) is 8.12. The van der Waals surface area contributed by atoms with Gasteiger partial charge >= 0.3 is 5.97 Å². The van der Waals surface area contributed by atoms with Crippen molar-refractivity contribution in [1.29, 1.82) is 0 Å². The average Bonchev–Trinajstić information content (AvgIpc) is 2.18. The molecule has 0 aliphatic heterocycles. The topological polar surface area (TPSA) is 26.3 Å². The van der Waals surface area contributed by atoms with E-state index in [1.807, 2.05) is 30.3 Å². The van der Waals surface area contributed by atoms with E-state index >= 15 is 0 Å². The van der Waals surface area contributed by atoms with E-state index in [1.165, 1.54) is 12.5 Å². The average molecular weight is 188 g/mol. The van der Waals surface area contributed by atoms with E-state index in [0.29, 0.717) is 6.42 Å². The number of benzene rings is 1. The van der Waals surface area contributed by atoms with E-state index in [1.54, 1.807) is 0 Å². The molecule has 0 heterocycles. The summed E-state index contributed by atoms with van der Waals surface area (Å²) >= 11 is 0. The normalized spacial score (nSPS) is 8.64. The zero-order valence-electron chi connectivity index (χ0n) is 8.12. The van der Waals surface area contributed by atoms with Gasteiger partial charge in [0.2, 0.25) is 0 Å². The summed E-state index contributed by atoms with van der Waals surface area (Å²) in [7, 11) is 0. The summed E-state index contributed by atoms with van der Waals surface area (Å²) in [6.07, 6.45) is 0.697. The highest BCUT2D eigenvalue weighted by Crippen LogP contribution is 1.97. The smallest absolute Gasteiger partial charge is 0.303 e. The van der Waals surface area contributed by atoms with Gasteiger partial charge in [-0.15, -0.1) is 0 Å². The second-order valence-corrected chi connectivity index (χ2v) is 2.80. The van der Waals surface area contributed by atoms with Crippen molar-refractivity contribution in [2.24, 2.45) is 0 Å². The first-order valence-electron chi connectivity index (χ1n) is 4.42. The van der Waals surface area contributed by atoms with Crippen LogP contribution in [0.1, 0.15) is 12.5 Å². The molecule has 2 heteroatoms. The van der Waals surface area contributed by atoms with Crippen LogP contribution < -0.4 is 0 Å². The van der Waals surface area contributed by atoms with Crippen LogP contribution in [0.4, 0.5) is 0 Å². The standard InChI is InChI=1S/C12H12O2/c1-11(13)14-10-6-5-9-12-7-3-2-4-8-12/h2-4,7-8H,9-10H2,1H3. The Kier molecular flexibility index (Phi) is 4.30. The summed E-state index contributed by atoms with van der Waals surface area (Å²) in [5, 5.41) is 0. The SMILES string of the molecule is CC(=O)OCC#CCc1ccccc1. The maximum atomic E-state index is 10.4. The molecule has 0 aliphatic carbocycles.